The van der Waals surface area contributed by atoms with Crippen molar-refractivity contribution in [2.75, 3.05) is 13.2 Å². The van der Waals surface area contributed by atoms with Crippen LogP contribution in [0.4, 0.5) is 0 Å². The van der Waals surface area contributed by atoms with E-state index in [1.165, 1.54) is 37.7 Å². The Kier molecular flexibility index (Phi) is 6.69. The molecular formula is C15H22O. The first kappa shape index (κ1) is 13.1. The van der Waals surface area contributed by atoms with Crippen LogP contribution in [0.3, 0.4) is 0 Å². The van der Waals surface area contributed by atoms with Crippen LogP contribution >= 0.6 is 0 Å². The van der Waals surface area contributed by atoms with E-state index in [-0.39, 0.29) is 0 Å². The summed E-state index contributed by atoms with van der Waals surface area (Å²) >= 11 is 0. The maximum absolute atomic E-state index is 5.19. The summed E-state index contributed by atoms with van der Waals surface area (Å²) in [6, 6.07) is 0. The Morgan fingerprint density at radius 3 is 3.00 bits per heavy atom. The van der Waals surface area contributed by atoms with Gasteiger partial charge in [0.15, 0.2) is 0 Å². The van der Waals surface area contributed by atoms with Gasteiger partial charge >= 0.3 is 0 Å². The van der Waals surface area contributed by atoms with E-state index in [2.05, 4.69) is 25.0 Å². The van der Waals surface area contributed by atoms with Crippen LogP contribution < -0.4 is 0 Å². The second-order valence-electron chi connectivity index (χ2n) is 4.30. The van der Waals surface area contributed by atoms with Gasteiger partial charge in [0, 0.05) is 6.42 Å². The van der Waals surface area contributed by atoms with Crippen molar-refractivity contribution >= 4 is 0 Å². The fraction of sp³-hybridized carbons (Fsp3) is 0.600. The molecular weight excluding hydrogens is 196 g/mol. The molecule has 0 aromatic carbocycles. The van der Waals surface area contributed by atoms with Crippen LogP contribution in [0.15, 0.2) is 24.8 Å². The van der Waals surface area contributed by atoms with Crippen molar-refractivity contribution in [1.82, 2.24) is 0 Å². The van der Waals surface area contributed by atoms with Crippen LogP contribution in [0, 0.1) is 17.8 Å². The van der Waals surface area contributed by atoms with E-state index in [1.807, 2.05) is 0 Å². The maximum atomic E-state index is 5.19. The van der Waals surface area contributed by atoms with Crippen molar-refractivity contribution in [2.24, 2.45) is 5.92 Å². The van der Waals surface area contributed by atoms with Gasteiger partial charge < -0.3 is 4.74 Å². The Bertz CT molecular complexity index is 280. The molecule has 1 aliphatic rings. The van der Waals surface area contributed by atoms with E-state index in [0.29, 0.717) is 13.2 Å². The number of hydrogen-bond donors (Lipinski definition) is 0. The summed E-state index contributed by atoms with van der Waals surface area (Å²) < 4.78 is 5.19. The molecule has 0 N–H and O–H groups in total. The lowest BCUT2D eigenvalue weighted by Crippen LogP contribution is -2.08. The fourth-order valence-electron chi connectivity index (χ4n) is 2.08. The minimum absolute atomic E-state index is 0.525. The topological polar surface area (TPSA) is 9.23 Å². The summed E-state index contributed by atoms with van der Waals surface area (Å²) in [5.41, 5.74) is 1.44. The quantitative estimate of drug-likeness (QED) is 0.388. The molecule has 0 aliphatic heterocycles. The number of rotatable bonds is 5. The molecule has 0 saturated heterocycles. The highest BCUT2D eigenvalue weighted by Gasteiger charge is 2.15. The highest BCUT2D eigenvalue weighted by Crippen LogP contribution is 2.30. The first-order valence-electron chi connectivity index (χ1n) is 6.16. The molecule has 0 unspecified atom stereocenters. The Labute approximate surface area is 99.6 Å². The Hall–Kier alpha value is -1.00. The fourth-order valence-corrected chi connectivity index (χ4v) is 2.08. The van der Waals surface area contributed by atoms with Crippen molar-refractivity contribution in [3.05, 3.63) is 24.8 Å². The average Bonchev–Trinajstić information content (AvgIpc) is 2.30. The first-order valence-corrected chi connectivity index (χ1v) is 6.16. The van der Waals surface area contributed by atoms with E-state index in [9.17, 15) is 0 Å². The lowest BCUT2D eigenvalue weighted by molar-refractivity contribution is 0.199. The van der Waals surface area contributed by atoms with Gasteiger partial charge in [0.25, 0.3) is 0 Å². The molecule has 16 heavy (non-hydrogen) atoms. The third-order valence-corrected chi connectivity index (χ3v) is 3.03. The van der Waals surface area contributed by atoms with Gasteiger partial charge in [-0.25, -0.2) is 0 Å². The molecule has 1 aliphatic carbocycles. The van der Waals surface area contributed by atoms with Gasteiger partial charge in [0.2, 0.25) is 0 Å². The van der Waals surface area contributed by atoms with Crippen LogP contribution in [-0.4, -0.2) is 13.2 Å². The SMILES string of the molecule is C=CCOCC#CCC[C@@H]1CCCCC1=C. The number of hydrogen-bond acceptors (Lipinski definition) is 1. The molecule has 1 heteroatoms. The molecule has 0 aromatic rings. The monoisotopic (exact) mass is 218 g/mol. The van der Waals surface area contributed by atoms with E-state index < -0.39 is 0 Å². The minimum Gasteiger partial charge on any atom is -0.365 e. The van der Waals surface area contributed by atoms with Crippen molar-refractivity contribution in [3.8, 4) is 11.8 Å². The Balaban J connectivity index is 2.09. The zero-order chi connectivity index (χ0) is 11.6. The lowest BCUT2D eigenvalue weighted by atomic mass is 9.82. The summed E-state index contributed by atoms with van der Waals surface area (Å²) in [5.74, 6) is 6.91. The molecule has 0 heterocycles. The van der Waals surface area contributed by atoms with Gasteiger partial charge in [-0.1, -0.05) is 30.6 Å². The van der Waals surface area contributed by atoms with Gasteiger partial charge in [-0.15, -0.1) is 12.5 Å². The van der Waals surface area contributed by atoms with Gasteiger partial charge in [0.05, 0.1) is 6.61 Å². The third-order valence-electron chi connectivity index (χ3n) is 3.03. The van der Waals surface area contributed by atoms with Crippen LogP contribution in [0.25, 0.3) is 0 Å². The second kappa shape index (κ2) is 8.19. The van der Waals surface area contributed by atoms with Crippen molar-refractivity contribution < 1.29 is 4.74 Å². The zero-order valence-corrected chi connectivity index (χ0v) is 10.1. The molecule has 0 amide bonds. The molecule has 1 nitrogen and oxygen atoms in total. The van der Waals surface area contributed by atoms with Crippen LogP contribution in [-0.2, 0) is 4.74 Å². The molecule has 1 saturated carbocycles. The molecule has 1 atom stereocenters. The Morgan fingerprint density at radius 2 is 2.25 bits per heavy atom. The summed E-state index contributed by atoms with van der Waals surface area (Å²) in [6.07, 6.45) is 9.12. The van der Waals surface area contributed by atoms with E-state index >= 15 is 0 Å². The van der Waals surface area contributed by atoms with Crippen molar-refractivity contribution in [1.29, 1.82) is 0 Å². The predicted molar refractivity (Wildman–Crippen MR) is 69.1 cm³/mol. The van der Waals surface area contributed by atoms with E-state index in [0.717, 1.165) is 12.3 Å². The lowest BCUT2D eigenvalue weighted by Gasteiger charge is -2.23. The normalized spacial score (nSPS) is 20.0. The highest BCUT2D eigenvalue weighted by molar-refractivity contribution is 5.06. The van der Waals surface area contributed by atoms with Crippen molar-refractivity contribution in [3.63, 3.8) is 0 Å². The van der Waals surface area contributed by atoms with Crippen LogP contribution in [0.2, 0.25) is 0 Å². The first-order chi connectivity index (χ1) is 7.84. The van der Waals surface area contributed by atoms with E-state index in [4.69, 9.17) is 4.74 Å². The van der Waals surface area contributed by atoms with Crippen LogP contribution in [0.1, 0.15) is 38.5 Å². The smallest absolute Gasteiger partial charge is 0.108 e. The minimum atomic E-state index is 0.525. The molecule has 0 spiro atoms. The van der Waals surface area contributed by atoms with Gasteiger partial charge in [-0.05, 0) is 31.6 Å². The number of ether oxygens (including phenoxy) is 1. The largest absolute Gasteiger partial charge is 0.365 e. The third kappa shape index (κ3) is 5.19. The molecule has 0 radical (unpaired) electrons. The van der Waals surface area contributed by atoms with E-state index in [1.54, 1.807) is 6.08 Å². The summed E-state index contributed by atoms with van der Waals surface area (Å²) in [4.78, 5) is 0. The predicted octanol–water partition coefficient (Wildman–Crippen LogP) is 3.72. The Morgan fingerprint density at radius 1 is 1.38 bits per heavy atom. The summed E-state index contributed by atoms with van der Waals surface area (Å²) in [5, 5.41) is 0. The zero-order valence-electron chi connectivity index (χ0n) is 10.1. The molecule has 1 fully saturated rings. The summed E-state index contributed by atoms with van der Waals surface area (Å²) in [6.45, 7) is 8.85. The highest BCUT2D eigenvalue weighted by atomic mass is 16.5. The van der Waals surface area contributed by atoms with Crippen molar-refractivity contribution in [2.45, 2.75) is 38.5 Å². The van der Waals surface area contributed by atoms with Gasteiger partial charge in [0.1, 0.15) is 6.61 Å². The van der Waals surface area contributed by atoms with Crippen LogP contribution in [0.5, 0.6) is 0 Å². The molecule has 0 bridgehead atoms. The molecule has 88 valence electrons. The standard InChI is InChI=1S/C15H22O/c1-3-12-16-13-8-4-5-10-15-11-7-6-9-14(15)2/h3,15H,1-2,5-7,9-13H2/t15-/m1/s1. The average molecular weight is 218 g/mol. The van der Waals surface area contributed by atoms with Gasteiger partial charge in [-0.2, -0.15) is 0 Å². The second-order valence-corrected chi connectivity index (χ2v) is 4.30. The van der Waals surface area contributed by atoms with Gasteiger partial charge in [-0.3, -0.25) is 0 Å². The molecule has 1 rings (SSSR count). The summed E-state index contributed by atoms with van der Waals surface area (Å²) in [7, 11) is 0. The maximum Gasteiger partial charge on any atom is 0.108 e. The number of allylic oxidation sites excluding steroid dienone is 1. The molecule has 0 aromatic heterocycles.